The number of carbonyl (C=O) groups excluding carboxylic acids is 1. The first-order valence-electron chi connectivity index (χ1n) is 12.6. The average molecular weight is 475 g/mol. The van der Waals surface area contributed by atoms with E-state index in [9.17, 15) is 4.79 Å². The lowest BCUT2D eigenvalue weighted by Gasteiger charge is -2.38. The first-order valence-corrected chi connectivity index (χ1v) is 12.6. The van der Waals surface area contributed by atoms with Gasteiger partial charge in [0.25, 0.3) is 0 Å². The zero-order valence-electron chi connectivity index (χ0n) is 21.7. The van der Waals surface area contributed by atoms with Gasteiger partial charge in [0.2, 0.25) is 0 Å². The predicted molar refractivity (Wildman–Crippen MR) is 142 cm³/mol. The number of methoxy groups -OCH3 is 2. The Morgan fingerprint density at radius 2 is 1.89 bits per heavy atom. The molecule has 3 aromatic rings. The number of rotatable bonds is 9. The van der Waals surface area contributed by atoms with Gasteiger partial charge in [0.15, 0.2) is 0 Å². The summed E-state index contributed by atoms with van der Waals surface area (Å²) in [7, 11) is 3.19. The number of fused-ring (bicyclic) bond motifs is 3. The van der Waals surface area contributed by atoms with Crippen LogP contribution in [0, 0.1) is 11.8 Å². The van der Waals surface area contributed by atoms with Crippen molar-refractivity contribution < 1.29 is 14.3 Å². The molecule has 1 aromatic heterocycles. The zero-order chi connectivity index (χ0) is 25.1. The molecule has 3 atom stereocenters. The molecule has 186 valence electrons. The molecule has 0 radical (unpaired) electrons. The normalized spacial score (nSPS) is 17.6. The highest BCUT2D eigenvalue weighted by atomic mass is 16.5. The number of esters is 1. The van der Waals surface area contributed by atoms with Gasteiger partial charge in [-0.15, -0.1) is 0 Å². The van der Waals surface area contributed by atoms with E-state index in [0.717, 1.165) is 38.2 Å². The summed E-state index contributed by atoms with van der Waals surface area (Å²) in [5.74, 6) is 1.03. The molecule has 4 rings (SSSR count). The van der Waals surface area contributed by atoms with Crippen LogP contribution in [0.25, 0.3) is 10.9 Å². The summed E-state index contributed by atoms with van der Waals surface area (Å²) in [6.07, 6.45) is 1.95. The lowest BCUT2D eigenvalue weighted by molar-refractivity contribution is -0.136. The molecule has 1 aliphatic heterocycles. The van der Waals surface area contributed by atoms with Crippen LogP contribution < -0.4 is 4.74 Å². The van der Waals surface area contributed by atoms with Crippen LogP contribution in [0.15, 0.2) is 60.7 Å². The molecule has 0 aliphatic carbocycles. The van der Waals surface area contributed by atoms with E-state index in [0.29, 0.717) is 11.5 Å². The molecule has 2 heterocycles. The molecule has 0 spiro atoms. The van der Waals surface area contributed by atoms with Gasteiger partial charge in [-0.05, 0) is 48.4 Å². The summed E-state index contributed by atoms with van der Waals surface area (Å²) in [6, 6.07) is 17.3. The molecule has 0 saturated heterocycles. The van der Waals surface area contributed by atoms with E-state index in [1.165, 1.54) is 34.8 Å². The predicted octanol–water partition coefficient (Wildman–Crippen LogP) is 6.01. The summed E-state index contributed by atoms with van der Waals surface area (Å²) in [5.41, 5.74) is 5.85. The van der Waals surface area contributed by atoms with E-state index < -0.39 is 0 Å². The smallest absolute Gasteiger partial charge is 0.333 e. The fourth-order valence-corrected chi connectivity index (χ4v) is 5.72. The van der Waals surface area contributed by atoms with E-state index in [2.05, 4.69) is 85.3 Å². The number of aromatic nitrogens is 1. The van der Waals surface area contributed by atoms with Crippen molar-refractivity contribution in [2.45, 2.75) is 46.2 Å². The monoisotopic (exact) mass is 474 g/mol. The molecular formula is C30H38N2O3. The third-order valence-electron chi connectivity index (χ3n) is 7.89. The molecule has 35 heavy (non-hydrogen) atoms. The minimum absolute atomic E-state index is 0.0660. The van der Waals surface area contributed by atoms with Gasteiger partial charge in [-0.2, -0.15) is 0 Å². The van der Waals surface area contributed by atoms with Crippen molar-refractivity contribution >= 4 is 16.9 Å². The Morgan fingerprint density at radius 1 is 1.14 bits per heavy atom. The van der Waals surface area contributed by atoms with Crippen molar-refractivity contribution in [2.75, 3.05) is 27.3 Å². The van der Waals surface area contributed by atoms with Crippen molar-refractivity contribution in [3.05, 3.63) is 77.5 Å². The Bertz CT molecular complexity index is 1200. The molecule has 5 nitrogen and oxygen atoms in total. The lowest BCUT2D eigenvalue weighted by Crippen LogP contribution is -2.40. The van der Waals surface area contributed by atoms with E-state index >= 15 is 0 Å². The summed E-state index contributed by atoms with van der Waals surface area (Å²) in [5, 5.41) is 1.24. The maximum absolute atomic E-state index is 12.1. The highest BCUT2D eigenvalue weighted by Gasteiger charge is 2.34. The second-order valence-electron chi connectivity index (χ2n) is 9.68. The van der Waals surface area contributed by atoms with Crippen LogP contribution in [0.4, 0.5) is 0 Å². The van der Waals surface area contributed by atoms with Gasteiger partial charge < -0.3 is 14.0 Å². The van der Waals surface area contributed by atoms with Gasteiger partial charge in [0, 0.05) is 42.3 Å². The zero-order valence-corrected chi connectivity index (χ0v) is 21.7. The number of hydrogen-bond acceptors (Lipinski definition) is 4. The van der Waals surface area contributed by atoms with E-state index in [4.69, 9.17) is 9.47 Å². The van der Waals surface area contributed by atoms with Crippen LogP contribution in [-0.4, -0.2) is 42.7 Å². The van der Waals surface area contributed by atoms with E-state index in [-0.39, 0.29) is 17.9 Å². The van der Waals surface area contributed by atoms with Crippen molar-refractivity contribution in [2.24, 2.45) is 11.8 Å². The highest BCUT2D eigenvalue weighted by Crippen LogP contribution is 2.42. The maximum Gasteiger partial charge on any atom is 0.333 e. The van der Waals surface area contributed by atoms with Gasteiger partial charge in [0.05, 0.1) is 19.7 Å². The Kier molecular flexibility index (Phi) is 7.66. The van der Waals surface area contributed by atoms with Crippen molar-refractivity contribution in [3.8, 4) is 5.75 Å². The summed E-state index contributed by atoms with van der Waals surface area (Å²) in [4.78, 5) is 14.7. The summed E-state index contributed by atoms with van der Waals surface area (Å²) >= 11 is 0. The number of nitrogens with zero attached hydrogens (tertiary/aromatic N) is 2. The third kappa shape index (κ3) is 4.74. The maximum atomic E-state index is 12.1. The SMILES string of the molecule is C=C(C(=O)OC)[C@@H](C)[C@H](CC)CN1CCc2c(n(Cc3ccccc3)c3cccc(OC)c23)[C@@H]1C. The first kappa shape index (κ1) is 25.1. The van der Waals surface area contributed by atoms with Gasteiger partial charge in [-0.3, -0.25) is 4.90 Å². The van der Waals surface area contributed by atoms with E-state index in [1.807, 2.05) is 0 Å². The number of ether oxygens (including phenoxy) is 2. The van der Waals surface area contributed by atoms with Gasteiger partial charge >= 0.3 is 5.97 Å². The lowest BCUT2D eigenvalue weighted by atomic mass is 9.84. The second kappa shape index (κ2) is 10.7. The standard InChI is InChI=1S/C30H38N2O3/c1-7-24(20(2)21(3)30(33)35-6)19-31-17-16-25-28-26(14-11-15-27(28)34-5)32(29(25)22(31)4)18-23-12-9-8-10-13-23/h8-15,20,22,24H,3,7,16-19H2,1-2,4-6H3/t20-,22+,24-/m1/s1. The number of hydrogen-bond donors (Lipinski definition) is 0. The first-order chi connectivity index (χ1) is 16.9. The van der Waals surface area contributed by atoms with Crippen molar-refractivity contribution in [1.82, 2.24) is 9.47 Å². The topological polar surface area (TPSA) is 43.7 Å². The van der Waals surface area contributed by atoms with Crippen LogP contribution in [0.2, 0.25) is 0 Å². The minimum atomic E-state index is -0.306. The third-order valence-corrected chi connectivity index (χ3v) is 7.89. The number of carbonyl (C=O) groups is 1. The van der Waals surface area contributed by atoms with Crippen LogP contribution in [-0.2, 0) is 22.5 Å². The van der Waals surface area contributed by atoms with Gasteiger partial charge in [0.1, 0.15) is 5.75 Å². The quantitative estimate of drug-likeness (QED) is 0.281. The number of benzene rings is 2. The molecule has 5 heteroatoms. The Morgan fingerprint density at radius 3 is 2.54 bits per heavy atom. The molecule has 0 bridgehead atoms. The van der Waals surface area contributed by atoms with Gasteiger partial charge in [-0.25, -0.2) is 4.79 Å². The van der Waals surface area contributed by atoms with E-state index in [1.54, 1.807) is 7.11 Å². The van der Waals surface area contributed by atoms with Crippen LogP contribution in [0.1, 0.15) is 50.1 Å². The largest absolute Gasteiger partial charge is 0.496 e. The molecule has 0 unspecified atom stereocenters. The highest BCUT2D eigenvalue weighted by molar-refractivity contribution is 5.92. The van der Waals surface area contributed by atoms with Crippen molar-refractivity contribution in [1.29, 1.82) is 0 Å². The molecule has 1 aliphatic rings. The Labute approximate surface area is 209 Å². The molecule has 2 aromatic carbocycles. The molecule has 0 fully saturated rings. The second-order valence-corrected chi connectivity index (χ2v) is 9.68. The van der Waals surface area contributed by atoms with Crippen molar-refractivity contribution in [3.63, 3.8) is 0 Å². The van der Waals surface area contributed by atoms with Gasteiger partial charge in [-0.1, -0.05) is 63.2 Å². The fraction of sp³-hybridized carbons (Fsp3) is 0.433. The summed E-state index contributed by atoms with van der Waals surface area (Å²) < 4.78 is 13.2. The average Bonchev–Trinajstić information content (AvgIpc) is 3.21. The fourth-order valence-electron chi connectivity index (χ4n) is 5.72. The van der Waals surface area contributed by atoms with Crippen LogP contribution in [0.3, 0.4) is 0 Å². The van der Waals surface area contributed by atoms with Crippen LogP contribution >= 0.6 is 0 Å². The Hall–Kier alpha value is -3.05. The summed E-state index contributed by atoms with van der Waals surface area (Å²) in [6.45, 7) is 13.4. The molecule has 0 amide bonds. The molecule has 0 N–H and O–H groups in total. The molecule has 0 saturated carbocycles. The Balaban J connectivity index is 1.71. The molecular weight excluding hydrogens is 436 g/mol. The minimum Gasteiger partial charge on any atom is -0.496 e. The van der Waals surface area contributed by atoms with Crippen LogP contribution in [0.5, 0.6) is 5.75 Å².